The van der Waals surface area contributed by atoms with Gasteiger partial charge in [-0.25, -0.2) is 4.79 Å². The molecule has 0 fully saturated rings. The molecule has 21 heavy (non-hydrogen) atoms. The first-order valence-corrected chi connectivity index (χ1v) is 7.73. The molecule has 0 spiro atoms. The molecule has 1 aromatic carbocycles. The van der Waals surface area contributed by atoms with Crippen LogP contribution in [0, 0.1) is 0 Å². The van der Waals surface area contributed by atoms with Crippen LogP contribution in [0.1, 0.15) is 43.3 Å². The van der Waals surface area contributed by atoms with E-state index >= 15 is 0 Å². The molecule has 1 aromatic heterocycles. The maximum absolute atomic E-state index is 12.3. The van der Waals surface area contributed by atoms with Gasteiger partial charge in [0.2, 0.25) is 5.13 Å². The van der Waals surface area contributed by atoms with Crippen LogP contribution in [0.2, 0.25) is 0 Å². The molecular weight excluding hydrogens is 284 g/mol. The molecule has 0 unspecified atom stereocenters. The van der Waals surface area contributed by atoms with Crippen LogP contribution < -0.4 is 5.32 Å². The van der Waals surface area contributed by atoms with E-state index < -0.39 is 0 Å². The van der Waals surface area contributed by atoms with Crippen molar-refractivity contribution in [3.63, 3.8) is 0 Å². The molecule has 5 nitrogen and oxygen atoms in total. The van der Waals surface area contributed by atoms with Gasteiger partial charge >= 0.3 is 6.03 Å². The SMILES string of the molecule is CC(C)c1nnc(NC(=O)N(C)[C@@H](C)c2ccccc2)s1. The summed E-state index contributed by atoms with van der Waals surface area (Å²) in [7, 11) is 1.78. The molecule has 0 aliphatic carbocycles. The maximum atomic E-state index is 12.3. The highest BCUT2D eigenvalue weighted by Gasteiger charge is 2.19. The summed E-state index contributed by atoms with van der Waals surface area (Å²) in [4.78, 5) is 13.9. The molecular formula is C15H20N4OS. The van der Waals surface area contributed by atoms with E-state index in [1.807, 2.05) is 37.3 Å². The zero-order chi connectivity index (χ0) is 15.4. The molecule has 2 aromatic rings. The first-order valence-electron chi connectivity index (χ1n) is 6.91. The van der Waals surface area contributed by atoms with Gasteiger partial charge < -0.3 is 4.90 Å². The minimum absolute atomic E-state index is 0.0105. The van der Waals surface area contributed by atoms with Crippen LogP contribution >= 0.6 is 11.3 Å². The Balaban J connectivity index is 2.02. The lowest BCUT2D eigenvalue weighted by atomic mass is 10.1. The predicted molar refractivity (Wildman–Crippen MR) is 85.6 cm³/mol. The van der Waals surface area contributed by atoms with Gasteiger partial charge in [0.1, 0.15) is 5.01 Å². The molecule has 1 atom stereocenters. The molecule has 1 N–H and O–H groups in total. The summed E-state index contributed by atoms with van der Waals surface area (Å²) in [5.41, 5.74) is 1.09. The molecule has 0 radical (unpaired) electrons. The van der Waals surface area contributed by atoms with Crippen molar-refractivity contribution in [2.24, 2.45) is 0 Å². The van der Waals surface area contributed by atoms with Gasteiger partial charge in [-0.3, -0.25) is 5.32 Å². The van der Waals surface area contributed by atoms with Gasteiger partial charge in [0.25, 0.3) is 0 Å². The van der Waals surface area contributed by atoms with Crippen LogP contribution in [0.4, 0.5) is 9.93 Å². The van der Waals surface area contributed by atoms with E-state index in [0.717, 1.165) is 10.6 Å². The van der Waals surface area contributed by atoms with Gasteiger partial charge in [-0.1, -0.05) is 55.5 Å². The fourth-order valence-electron chi connectivity index (χ4n) is 1.83. The Morgan fingerprint density at radius 1 is 1.19 bits per heavy atom. The molecule has 2 amide bonds. The van der Waals surface area contributed by atoms with E-state index in [9.17, 15) is 4.79 Å². The van der Waals surface area contributed by atoms with Crippen molar-refractivity contribution in [3.05, 3.63) is 40.9 Å². The lowest BCUT2D eigenvalue weighted by Crippen LogP contribution is -2.33. The maximum Gasteiger partial charge on any atom is 0.323 e. The first-order chi connectivity index (χ1) is 9.99. The third-order valence-corrected chi connectivity index (χ3v) is 4.47. The summed E-state index contributed by atoms with van der Waals surface area (Å²) < 4.78 is 0. The van der Waals surface area contributed by atoms with Crippen molar-refractivity contribution in [2.75, 3.05) is 12.4 Å². The number of carbonyl (C=O) groups excluding carboxylic acids is 1. The van der Waals surface area contributed by atoms with Crippen LogP contribution in [0.5, 0.6) is 0 Å². The third kappa shape index (κ3) is 3.78. The van der Waals surface area contributed by atoms with E-state index in [0.29, 0.717) is 11.0 Å². The second-order valence-electron chi connectivity index (χ2n) is 5.23. The van der Waals surface area contributed by atoms with Crippen LogP contribution in [0.25, 0.3) is 0 Å². The summed E-state index contributed by atoms with van der Waals surface area (Å²) >= 11 is 1.41. The zero-order valence-corrected chi connectivity index (χ0v) is 13.5. The average molecular weight is 304 g/mol. The number of nitrogens with one attached hydrogen (secondary N) is 1. The van der Waals surface area contributed by atoms with E-state index in [2.05, 4.69) is 29.4 Å². The van der Waals surface area contributed by atoms with Crippen molar-refractivity contribution >= 4 is 22.5 Å². The van der Waals surface area contributed by atoms with Gasteiger partial charge in [-0.15, -0.1) is 10.2 Å². The second-order valence-corrected chi connectivity index (χ2v) is 6.24. The van der Waals surface area contributed by atoms with E-state index in [1.165, 1.54) is 11.3 Å². The van der Waals surface area contributed by atoms with Gasteiger partial charge in [-0.05, 0) is 12.5 Å². The van der Waals surface area contributed by atoms with Crippen molar-refractivity contribution in [1.29, 1.82) is 0 Å². The normalized spacial score (nSPS) is 12.2. The molecule has 112 valence electrons. The highest BCUT2D eigenvalue weighted by atomic mass is 32.1. The van der Waals surface area contributed by atoms with E-state index in [4.69, 9.17) is 0 Å². The van der Waals surface area contributed by atoms with Crippen molar-refractivity contribution in [3.8, 4) is 0 Å². The molecule has 0 saturated heterocycles. The molecule has 6 heteroatoms. The Hall–Kier alpha value is -1.95. The summed E-state index contributed by atoms with van der Waals surface area (Å²) in [5, 5.41) is 12.3. The average Bonchev–Trinajstić information content (AvgIpc) is 2.95. The fourth-order valence-corrected chi connectivity index (χ4v) is 2.56. The minimum atomic E-state index is -0.183. The Bertz CT molecular complexity index is 597. The number of carbonyl (C=O) groups is 1. The van der Waals surface area contributed by atoms with Gasteiger partial charge in [-0.2, -0.15) is 0 Å². The fraction of sp³-hybridized carbons (Fsp3) is 0.400. The number of nitrogens with zero attached hydrogens (tertiary/aromatic N) is 3. The monoisotopic (exact) mass is 304 g/mol. The number of urea groups is 1. The molecule has 0 saturated carbocycles. The second kappa shape index (κ2) is 6.67. The Kier molecular flexibility index (Phi) is 4.90. The molecule has 0 aliphatic rings. The summed E-state index contributed by atoms with van der Waals surface area (Å²) in [6.07, 6.45) is 0. The number of aromatic nitrogens is 2. The predicted octanol–water partition coefficient (Wildman–Crippen LogP) is 3.89. The summed E-state index contributed by atoms with van der Waals surface area (Å²) in [5.74, 6) is 0.314. The topological polar surface area (TPSA) is 58.1 Å². The van der Waals surface area contributed by atoms with E-state index in [1.54, 1.807) is 11.9 Å². The lowest BCUT2D eigenvalue weighted by Gasteiger charge is -2.24. The molecule has 0 aliphatic heterocycles. The summed E-state index contributed by atoms with van der Waals surface area (Å²) in [6, 6.07) is 9.73. The van der Waals surface area contributed by atoms with Crippen LogP contribution in [-0.2, 0) is 0 Å². The first kappa shape index (κ1) is 15.4. The number of hydrogen-bond acceptors (Lipinski definition) is 4. The summed E-state index contributed by atoms with van der Waals surface area (Å²) in [6.45, 7) is 6.10. The van der Waals surface area contributed by atoms with Crippen molar-refractivity contribution in [2.45, 2.75) is 32.7 Å². The van der Waals surface area contributed by atoms with Gasteiger partial charge in [0.15, 0.2) is 0 Å². The van der Waals surface area contributed by atoms with Crippen LogP contribution in [-0.4, -0.2) is 28.2 Å². The standard InChI is InChI=1S/C15H20N4OS/c1-10(2)13-17-18-14(21-13)16-15(20)19(4)11(3)12-8-6-5-7-9-12/h5-11H,1-4H3,(H,16,18,20)/t11-/m0/s1. The Labute approximate surface area is 129 Å². The Morgan fingerprint density at radius 2 is 1.86 bits per heavy atom. The van der Waals surface area contributed by atoms with Crippen LogP contribution in [0.15, 0.2) is 30.3 Å². The molecule has 1 heterocycles. The smallest absolute Gasteiger partial charge is 0.321 e. The highest BCUT2D eigenvalue weighted by molar-refractivity contribution is 7.15. The van der Waals surface area contributed by atoms with Crippen molar-refractivity contribution < 1.29 is 4.79 Å². The number of amides is 2. The lowest BCUT2D eigenvalue weighted by molar-refractivity contribution is 0.208. The molecule has 2 rings (SSSR count). The van der Waals surface area contributed by atoms with Gasteiger partial charge in [0.05, 0.1) is 6.04 Å². The largest absolute Gasteiger partial charge is 0.323 e. The number of benzene rings is 1. The quantitative estimate of drug-likeness (QED) is 0.932. The third-order valence-electron chi connectivity index (χ3n) is 3.33. The Morgan fingerprint density at radius 3 is 2.43 bits per heavy atom. The highest BCUT2D eigenvalue weighted by Crippen LogP contribution is 2.24. The van der Waals surface area contributed by atoms with Gasteiger partial charge in [0, 0.05) is 13.0 Å². The number of hydrogen-bond donors (Lipinski definition) is 1. The van der Waals surface area contributed by atoms with Crippen LogP contribution in [0.3, 0.4) is 0 Å². The molecule has 0 bridgehead atoms. The zero-order valence-electron chi connectivity index (χ0n) is 12.7. The van der Waals surface area contributed by atoms with Crippen molar-refractivity contribution in [1.82, 2.24) is 15.1 Å². The number of anilines is 1. The van der Waals surface area contributed by atoms with E-state index in [-0.39, 0.29) is 12.1 Å². The number of rotatable bonds is 4. The minimum Gasteiger partial charge on any atom is -0.321 e.